The van der Waals surface area contributed by atoms with E-state index in [4.69, 9.17) is 11.0 Å². The third-order valence-corrected chi connectivity index (χ3v) is 3.22. The van der Waals surface area contributed by atoms with Crippen LogP contribution in [0.15, 0.2) is 0 Å². The largest absolute Gasteiger partial charge is 0.322 e. The van der Waals surface area contributed by atoms with Crippen LogP contribution in [0.1, 0.15) is 26.7 Å². The van der Waals surface area contributed by atoms with Gasteiger partial charge < -0.3 is 10.6 Å². The zero-order valence-corrected chi connectivity index (χ0v) is 10.9. The molecule has 1 amide bonds. The summed E-state index contributed by atoms with van der Waals surface area (Å²) in [7, 11) is 0. The van der Waals surface area contributed by atoms with Gasteiger partial charge in [-0.2, -0.15) is 5.26 Å². The molecule has 98 valence electrons. The van der Waals surface area contributed by atoms with E-state index in [2.05, 4.69) is 0 Å². The Morgan fingerprint density at radius 2 is 2.29 bits per heavy atom. The Balaban J connectivity index is 0.00000256. The van der Waals surface area contributed by atoms with Crippen LogP contribution in [0, 0.1) is 17.2 Å². The highest BCUT2D eigenvalue weighted by atomic mass is 35.5. The van der Waals surface area contributed by atoms with Crippen LogP contribution in [0.4, 0.5) is 4.39 Å². The van der Waals surface area contributed by atoms with E-state index in [0.29, 0.717) is 0 Å². The predicted octanol–water partition coefficient (Wildman–Crippen LogP) is 1.24. The van der Waals surface area contributed by atoms with E-state index in [1.807, 2.05) is 19.9 Å². The zero-order chi connectivity index (χ0) is 12.3. The predicted molar refractivity (Wildman–Crippen MR) is 65.3 cm³/mol. The molecular formula is C11H19ClFN3O. The Morgan fingerprint density at radius 1 is 1.71 bits per heavy atom. The number of nitriles is 1. The first-order valence-electron chi connectivity index (χ1n) is 5.61. The molecule has 0 bridgehead atoms. The van der Waals surface area contributed by atoms with Crippen molar-refractivity contribution in [3.8, 4) is 6.07 Å². The molecule has 4 nitrogen and oxygen atoms in total. The summed E-state index contributed by atoms with van der Waals surface area (Å²) in [5.41, 5.74) is 5.79. The summed E-state index contributed by atoms with van der Waals surface area (Å²) in [4.78, 5) is 13.2. The molecule has 6 heteroatoms. The molecule has 1 aliphatic heterocycles. The molecule has 1 rings (SSSR count). The number of alkyl halides is 1. The first kappa shape index (κ1) is 16.1. The molecule has 1 fully saturated rings. The second kappa shape index (κ2) is 6.77. The second-order valence-corrected chi connectivity index (χ2v) is 4.38. The number of rotatable bonds is 3. The zero-order valence-electron chi connectivity index (χ0n) is 10.1. The molecule has 0 unspecified atom stereocenters. The summed E-state index contributed by atoms with van der Waals surface area (Å²) in [5.74, 6) is -0.258. The lowest BCUT2D eigenvalue weighted by atomic mass is 9.99. The Labute approximate surface area is 107 Å². The first-order chi connectivity index (χ1) is 7.51. The molecule has 0 spiro atoms. The SMILES string of the molecule is CC[C@H](C)[C@@H](N)C(=O)N1C[C@@H](F)C[C@H]1C#N.Cl. The van der Waals surface area contributed by atoms with Gasteiger partial charge in [0.15, 0.2) is 0 Å². The minimum Gasteiger partial charge on any atom is -0.322 e. The summed E-state index contributed by atoms with van der Waals surface area (Å²) in [6.07, 6.45) is -0.204. The number of halogens is 2. The quantitative estimate of drug-likeness (QED) is 0.833. The van der Waals surface area contributed by atoms with Gasteiger partial charge in [-0.25, -0.2) is 4.39 Å². The smallest absolute Gasteiger partial charge is 0.240 e. The number of likely N-dealkylation sites (tertiary alicyclic amines) is 1. The van der Waals surface area contributed by atoms with Gasteiger partial charge in [-0.05, 0) is 5.92 Å². The van der Waals surface area contributed by atoms with Crippen molar-refractivity contribution in [3.63, 3.8) is 0 Å². The molecule has 1 saturated heterocycles. The van der Waals surface area contributed by atoms with Crippen molar-refractivity contribution in [1.82, 2.24) is 4.90 Å². The number of nitrogens with zero attached hydrogens (tertiary/aromatic N) is 2. The van der Waals surface area contributed by atoms with Crippen LogP contribution in [0.25, 0.3) is 0 Å². The third kappa shape index (κ3) is 3.55. The number of hydrogen-bond acceptors (Lipinski definition) is 3. The van der Waals surface area contributed by atoms with Crippen LogP contribution in [0.3, 0.4) is 0 Å². The van der Waals surface area contributed by atoms with Gasteiger partial charge in [0, 0.05) is 6.42 Å². The van der Waals surface area contributed by atoms with Gasteiger partial charge in [0.1, 0.15) is 12.2 Å². The standard InChI is InChI=1S/C11H18FN3O.ClH/c1-3-7(2)10(14)11(16)15-6-8(12)4-9(15)5-13;/h7-10H,3-4,6,14H2,1-2H3;1H/t7-,8-,9-,10+;/m0./s1. The van der Waals surface area contributed by atoms with Crippen molar-refractivity contribution >= 4 is 18.3 Å². The van der Waals surface area contributed by atoms with Gasteiger partial charge >= 0.3 is 0 Å². The molecule has 0 aromatic carbocycles. The molecule has 0 saturated carbocycles. The number of nitrogens with two attached hydrogens (primary N) is 1. The van der Waals surface area contributed by atoms with Crippen molar-refractivity contribution in [1.29, 1.82) is 5.26 Å². The van der Waals surface area contributed by atoms with Gasteiger partial charge in [0.2, 0.25) is 5.91 Å². The van der Waals surface area contributed by atoms with Crippen LogP contribution < -0.4 is 5.73 Å². The Bertz CT molecular complexity index is 308. The van der Waals surface area contributed by atoms with E-state index >= 15 is 0 Å². The summed E-state index contributed by atoms with van der Waals surface area (Å²) in [6, 6.07) is 0.658. The van der Waals surface area contributed by atoms with E-state index in [1.165, 1.54) is 4.90 Å². The van der Waals surface area contributed by atoms with Crippen LogP contribution in [0.2, 0.25) is 0 Å². The number of hydrogen-bond donors (Lipinski definition) is 1. The van der Waals surface area contributed by atoms with Crippen molar-refractivity contribution in [2.75, 3.05) is 6.54 Å². The van der Waals surface area contributed by atoms with E-state index < -0.39 is 18.3 Å². The Morgan fingerprint density at radius 3 is 2.76 bits per heavy atom. The molecular weight excluding hydrogens is 245 g/mol. The highest BCUT2D eigenvalue weighted by molar-refractivity contribution is 5.85. The molecule has 0 radical (unpaired) electrons. The summed E-state index contributed by atoms with van der Waals surface area (Å²) in [5, 5.41) is 8.83. The molecule has 4 atom stereocenters. The lowest BCUT2D eigenvalue weighted by Crippen LogP contribution is -2.48. The molecule has 17 heavy (non-hydrogen) atoms. The fraction of sp³-hybridized carbons (Fsp3) is 0.818. The van der Waals surface area contributed by atoms with E-state index in [-0.39, 0.29) is 37.2 Å². The molecule has 1 aliphatic rings. The van der Waals surface area contributed by atoms with E-state index in [9.17, 15) is 9.18 Å². The number of carbonyl (C=O) groups excluding carboxylic acids is 1. The normalized spacial score (nSPS) is 26.9. The van der Waals surface area contributed by atoms with Crippen molar-refractivity contribution in [2.45, 2.75) is 44.9 Å². The fourth-order valence-electron chi connectivity index (χ4n) is 1.84. The summed E-state index contributed by atoms with van der Waals surface area (Å²) < 4.78 is 13.1. The minimum atomic E-state index is -1.10. The molecule has 0 aromatic rings. The van der Waals surface area contributed by atoms with Crippen molar-refractivity contribution < 1.29 is 9.18 Å². The Kier molecular flexibility index (Phi) is 6.43. The lowest BCUT2D eigenvalue weighted by Gasteiger charge is -2.25. The first-order valence-corrected chi connectivity index (χ1v) is 5.61. The van der Waals surface area contributed by atoms with Crippen LogP contribution in [-0.2, 0) is 4.79 Å². The maximum atomic E-state index is 13.1. The van der Waals surface area contributed by atoms with Gasteiger partial charge in [0.05, 0.1) is 18.7 Å². The van der Waals surface area contributed by atoms with Gasteiger partial charge in [0.25, 0.3) is 0 Å². The molecule has 0 aromatic heterocycles. The highest BCUT2D eigenvalue weighted by Gasteiger charge is 2.38. The average molecular weight is 264 g/mol. The summed E-state index contributed by atoms with van der Waals surface area (Å²) in [6.45, 7) is 3.83. The average Bonchev–Trinajstić information content (AvgIpc) is 2.67. The number of amides is 1. The molecule has 1 heterocycles. The monoisotopic (exact) mass is 263 g/mol. The second-order valence-electron chi connectivity index (χ2n) is 4.38. The van der Waals surface area contributed by atoms with E-state index in [1.54, 1.807) is 0 Å². The maximum Gasteiger partial charge on any atom is 0.240 e. The van der Waals surface area contributed by atoms with E-state index in [0.717, 1.165) is 6.42 Å². The van der Waals surface area contributed by atoms with Crippen molar-refractivity contribution in [2.24, 2.45) is 11.7 Å². The highest BCUT2D eigenvalue weighted by Crippen LogP contribution is 2.22. The third-order valence-electron chi connectivity index (χ3n) is 3.22. The van der Waals surface area contributed by atoms with Crippen LogP contribution in [0.5, 0.6) is 0 Å². The van der Waals surface area contributed by atoms with Gasteiger partial charge in [-0.1, -0.05) is 20.3 Å². The van der Waals surface area contributed by atoms with Gasteiger partial charge in [-0.3, -0.25) is 4.79 Å². The van der Waals surface area contributed by atoms with Crippen LogP contribution in [-0.4, -0.2) is 35.6 Å². The fourth-order valence-corrected chi connectivity index (χ4v) is 1.84. The topological polar surface area (TPSA) is 70.1 Å². The van der Waals surface area contributed by atoms with Crippen molar-refractivity contribution in [3.05, 3.63) is 0 Å². The number of carbonyl (C=O) groups is 1. The van der Waals surface area contributed by atoms with Gasteiger partial charge in [-0.15, -0.1) is 12.4 Å². The lowest BCUT2D eigenvalue weighted by molar-refractivity contribution is -0.133. The van der Waals surface area contributed by atoms with Crippen LogP contribution >= 0.6 is 12.4 Å². The summed E-state index contributed by atoms with van der Waals surface area (Å²) >= 11 is 0. The molecule has 0 aliphatic carbocycles. The molecule has 2 N–H and O–H groups in total. The maximum absolute atomic E-state index is 13.1. The minimum absolute atomic E-state index is 0. The Hall–Kier alpha value is -0.860.